The third-order valence-corrected chi connectivity index (χ3v) is 5.69. The van der Waals surface area contributed by atoms with Crippen LogP contribution in [0.5, 0.6) is 5.75 Å². The zero-order valence-corrected chi connectivity index (χ0v) is 15.4. The normalized spacial score (nSPS) is 18.2. The third kappa shape index (κ3) is 4.80. The molecule has 25 heavy (non-hydrogen) atoms. The van der Waals surface area contributed by atoms with Gasteiger partial charge in [-0.25, -0.2) is 4.98 Å². The van der Waals surface area contributed by atoms with E-state index in [1.54, 1.807) is 18.4 Å². The number of thiazole rings is 1. The van der Waals surface area contributed by atoms with Crippen molar-refractivity contribution in [2.45, 2.75) is 32.2 Å². The highest BCUT2D eigenvalue weighted by molar-refractivity contribution is 7.15. The standard InChI is InChI=1S/C19H25N3O2S/c1-24-17-7-3-2-6-16(17)19-21-11-15(25-19)13-22-10-4-5-14(12-22)8-9-18(20)23/h2-3,6-7,11,14H,4-5,8-10,12-13H2,1H3,(H2,20,23)/t14-/m1/s1. The van der Waals surface area contributed by atoms with E-state index in [2.05, 4.69) is 9.88 Å². The summed E-state index contributed by atoms with van der Waals surface area (Å²) in [5.74, 6) is 1.23. The van der Waals surface area contributed by atoms with E-state index in [1.807, 2.05) is 30.5 Å². The number of amides is 1. The Morgan fingerprint density at radius 1 is 1.44 bits per heavy atom. The van der Waals surface area contributed by atoms with Crippen LogP contribution in [-0.4, -0.2) is 36.0 Å². The van der Waals surface area contributed by atoms with Crippen molar-refractivity contribution in [3.63, 3.8) is 0 Å². The zero-order valence-electron chi connectivity index (χ0n) is 14.6. The molecule has 1 amide bonds. The minimum absolute atomic E-state index is 0.193. The van der Waals surface area contributed by atoms with E-state index < -0.39 is 0 Å². The lowest BCUT2D eigenvalue weighted by molar-refractivity contribution is -0.118. The van der Waals surface area contributed by atoms with Gasteiger partial charge in [0.1, 0.15) is 10.8 Å². The van der Waals surface area contributed by atoms with Crippen LogP contribution in [0.4, 0.5) is 0 Å². The molecule has 0 unspecified atom stereocenters. The van der Waals surface area contributed by atoms with Crippen LogP contribution >= 0.6 is 11.3 Å². The van der Waals surface area contributed by atoms with Gasteiger partial charge in [-0.15, -0.1) is 11.3 Å². The molecule has 5 nitrogen and oxygen atoms in total. The van der Waals surface area contributed by atoms with Gasteiger partial charge in [-0.1, -0.05) is 12.1 Å². The Bertz CT molecular complexity index is 716. The number of hydrogen-bond donors (Lipinski definition) is 1. The number of methoxy groups -OCH3 is 1. The van der Waals surface area contributed by atoms with E-state index in [4.69, 9.17) is 10.5 Å². The summed E-state index contributed by atoms with van der Waals surface area (Å²) < 4.78 is 5.44. The Labute approximate surface area is 152 Å². The molecular formula is C19H25N3O2S. The Hall–Kier alpha value is -1.92. The molecule has 1 atom stereocenters. The molecule has 3 rings (SSSR count). The van der Waals surface area contributed by atoms with Gasteiger partial charge in [0.05, 0.1) is 12.7 Å². The highest BCUT2D eigenvalue weighted by Crippen LogP contribution is 2.33. The summed E-state index contributed by atoms with van der Waals surface area (Å²) in [7, 11) is 1.69. The summed E-state index contributed by atoms with van der Waals surface area (Å²) >= 11 is 1.72. The number of rotatable bonds is 7. The molecule has 2 heterocycles. The number of piperidine rings is 1. The average molecular weight is 359 g/mol. The molecule has 1 fully saturated rings. The number of para-hydroxylation sites is 1. The van der Waals surface area contributed by atoms with Gasteiger partial charge >= 0.3 is 0 Å². The van der Waals surface area contributed by atoms with Crippen LogP contribution < -0.4 is 10.5 Å². The number of primary amides is 1. The summed E-state index contributed by atoms with van der Waals surface area (Å²) in [5.41, 5.74) is 6.32. The maximum atomic E-state index is 11.0. The molecule has 6 heteroatoms. The van der Waals surface area contributed by atoms with E-state index in [9.17, 15) is 4.79 Å². The molecule has 1 aromatic carbocycles. The van der Waals surface area contributed by atoms with Crippen LogP contribution in [0.3, 0.4) is 0 Å². The molecule has 0 saturated carbocycles. The van der Waals surface area contributed by atoms with Gasteiger partial charge in [-0.3, -0.25) is 9.69 Å². The molecule has 0 radical (unpaired) electrons. The summed E-state index contributed by atoms with van der Waals surface area (Å²) in [4.78, 5) is 19.3. The molecule has 2 N–H and O–H groups in total. The van der Waals surface area contributed by atoms with Gasteiger partial charge in [-0.2, -0.15) is 0 Å². The number of nitrogens with zero attached hydrogens (tertiary/aromatic N) is 2. The summed E-state index contributed by atoms with van der Waals surface area (Å²) in [6, 6.07) is 7.98. The molecular weight excluding hydrogens is 334 g/mol. The lowest BCUT2D eigenvalue weighted by Crippen LogP contribution is -2.35. The van der Waals surface area contributed by atoms with Crippen LogP contribution in [-0.2, 0) is 11.3 Å². The molecule has 1 aliphatic heterocycles. The van der Waals surface area contributed by atoms with Crippen molar-refractivity contribution in [2.75, 3.05) is 20.2 Å². The summed E-state index contributed by atoms with van der Waals surface area (Å²) in [5, 5.41) is 0.995. The number of likely N-dealkylation sites (tertiary alicyclic amines) is 1. The van der Waals surface area contributed by atoms with E-state index in [1.165, 1.54) is 17.7 Å². The minimum atomic E-state index is -0.193. The van der Waals surface area contributed by atoms with Crippen LogP contribution in [0.2, 0.25) is 0 Å². The van der Waals surface area contributed by atoms with Crippen molar-refractivity contribution < 1.29 is 9.53 Å². The van der Waals surface area contributed by atoms with Crippen LogP contribution in [0, 0.1) is 5.92 Å². The summed E-state index contributed by atoms with van der Waals surface area (Å²) in [6.45, 7) is 3.06. The van der Waals surface area contributed by atoms with Gasteiger partial charge in [0.25, 0.3) is 0 Å². The van der Waals surface area contributed by atoms with Crippen molar-refractivity contribution in [2.24, 2.45) is 11.7 Å². The quantitative estimate of drug-likeness (QED) is 0.823. The number of carbonyl (C=O) groups is 1. The number of benzene rings is 1. The third-order valence-electron chi connectivity index (χ3n) is 4.67. The van der Waals surface area contributed by atoms with Gasteiger partial charge in [0, 0.05) is 30.6 Å². The fourth-order valence-corrected chi connectivity index (χ4v) is 4.41. The molecule has 0 spiro atoms. The molecule has 0 aliphatic carbocycles. The first-order valence-corrected chi connectivity index (χ1v) is 9.56. The van der Waals surface area contributed by atoms with Gasteiger partial charge in [-0.05, 0) is 43.9 Å². The van der Waals surface area contributed by atoms with E-state index in [-0.39, 0.29) is 5.91 Å². The van der Waals surface area contributed by atoms with E-state index in [0.717, 1.165) is 42.4 Å². The predicted octanol–water partition coefficient (Wildman–Crippen LogP) is 3.30. The second-order valence-electron chi connectivity index (χ2n) is 6.58. The minimum Gasteiger partial charge on any atom is -0.496 e. The fourth-order valence-electron chi connectivity index (χ4n) is 3.42. The Kier molecular flexibility index (Phi) is 6.04. The SMILES string of the molecule is COc1ccccc1-c1ncc(CN2CCC[C@H](CCC(N)=O)C2)s1. The number of hydrogen-bond acceptors (Lipinski definition) is 5. The van der Waals surface area contributed by atoms with Crippen molar-refractivity contribution >= 4 is 17.2 Å². The number of carbonyl (C=O) groups excluding carboxylic acids is 1. The second kappa shape index (κ2) is 8.45. The monoisotopic (exact) mass is 359 g/mol. The number of ether oxygens (including phenoxy) is 1. The highest BCUT2D eigenvalue weighted by atomic mass is 32.1. The lowest BCUT2D eigenvalue weighted by Gasteiger charge is -2.32. The first kappa shape index (κ1) is 17.9. The van der Waals surface area contributed by atoms with Crippen LogP contribution in [0.25, 0.3) is 10.6 Å². The lowest BCUT2D eigenvalue weighted by atomic mass is 9.93. The number of nitrogens with two attached hydrogens (primary N) is 1. The summed E-state index contributed by atoms with van der Waals surface area (Å²) in [6.07, 6.45) is 5.75. The molecule has 1 aromatic heterocycles. The average Bonchev–Trinajstić information content (AvgIpc) is 3.08. The van der Waals surface area contributed by atoms with Crippen molar-refractivity contribution in [3.8, 4) is 16.3 Å². The predicted molar refractivity (Wildman–Crippen MR) is 101 cm³/mol. The van der Waals surface area contributed by atoms with Crippen molar-refractivity contribution in [3.05, 3.63) is 35.3 Å². The Morgan fingerprint density at radius 2 is 2.28 bits per heavy atom. The molecule has 1 aliphatic rings. The van der Waals surface area contributed by atoms with Crippen LogP contribution in [0.15, 0.2) is 30.5 Å². The van der Waals surface area contributed by atoms with E-state index in [0.29, 0.717) is 12.3 Å². The molecule has 134 valence electrons. The first-order valence-electron chi connectivity index (χ1n) is 8.74. The van der Waals surface area contributed by atoms with Gasteiger partial charge in [0.15, 0.2) is 0 Å². The van der Waals surface area contributed by atoms with Crippen LogP contribution in [0.1, 0.15) is 30.6 Å². The van der Waals surface area contributed by atoms with Crippen molar-refractivity contribution in [1.82, 2.24) is 9.88 Å². The Balaban J connectivity index is 1.62. The smallest absolute Gasteiger partial charge is 0.217 e. The number of aromatic nitrogens is 1. The first-order chi connectivity index (χ1) is 12.2. The molecule has 0 bridgehead atoms. The van der Waals surface area contributed by atoms with Crippen molar-refractivity contribution in [1.29, 1.82) is 0 Å². The molecule has 2 aromatic rings. The van der Waals surface area contributed by atoms with Gasteiger partial charge in [0.2, 0.25) is 5.91 Å². The Morgan fingerprint density at radius 3 is 3.08 bits per heavy atom. The fraction of sp³-hybridized carbons (Fsp3) is 0.474. The molecule has 1 saturated heterocycles. The maximum absolute atomic E-state index is 11.0. The van der Waals surface area contributed by atoms with E-state index >= 15 is 0 Å². The second-order valence-corrected chi connectivity index (χ2v) is 7.70. The maximum Gasteiger partial charge on any atom is 0.217 e. The van der Waals surface area contributed by atoms with Gasteiger partial charge < -0.3 is 10.5 Å². The zero-order chi connectivity index (χ0) is 17.6. The topological polar surface area (TPSA) is 68.4 Å². The largest absolute Gasteiger partial charge is 0.496 e. The highest BCUT2D eigenvalue weighted by Gasteiger charge is 2.21.